The number of methoxy groups -OCH3 is 1. The summed E-state index contributed by atoms with van der Waals surface area (Å²) in [6.07, 6.45) is 0. The molecule has 1 aromatic carbocycles. The van der Waals surface area contributed by atoms with Gasteiger partial charge in [0.25, 0.3) is 0 Å². The predicted octanol–water partition coefficient (Wildman–Crippen LogP) is 3.79. The zero-order chi connectivity index (χ0) is 21.4. The summed E-state index contributed by atoms with van der Waals surface area (Å²) in [4.78, 5) is 0. The fourth-order valence-electron chi connectivity index (χ4n) is 2.93. The van der Waals surface area contributed by atoms with Gasteiger partial charge in [0, 0.05) is 13.7 Å². The van der Waals surface area contributed by atoms with Crippen molar-refractivity contribution in [2.24, 2.45) is 0 Å². The van der Waals surface area contributed by atoms with Gasteiger partial charge in [-0.05, 0) is 25.5 Å². The second-order valence-electron chi connectivity index (χ2n) is 7.79. The van der Waals surface area contributed by atoms with E-state index in [2.05, 4.69) is 42.9 Å². The molecule has 0 saturated heterocycles. The van der Waals surface area contributed by atoms with Crippen LogP contribution in [0.2, 0.25) is 19.6 Å². The second-order valence-corrected chi connectivity index (χ2v) is 12.9. The van der Waals surface area contributed by atoms with Crippen molar-refractivity contribution in [3.63, 3.8) is 0 Å². The van der Waals surface area contributed by atoms with Crippen LogP contribution in [0.15, 0.2) is 30.3 Å². The minimum Gasteiger partial charge on any atom is -0.464 e. The molecule has 0 aliphatic heterocycles. The van der Waals surface area contributed by atoms with Crippen molar-refractivity contribution in [1.29, 1.82) is 5.26 Å². The van der Waals surface area contributed by atoms with Crippen molar-refractivity contribution in [2.45, 2.75) is 40.0 Å². The monoisotopic (exact) mass is 413 g/mol. The summed E-state index contributed by atoms with van der Waals surface area (Å²) in [6.45, 7) is 12.5. The molecule has 6 nitrogen and oxygen atoms in total. The number of hydrogen-bond acceptors (Lipinski definition) is 5. The molecule has 7 heteroatoms. The first-order valence-corrected chi connectivity index (χ1v) is 13.3. The second kappa shape index (κ2) is 10.4. The summed E-state index contributed by atoms with van der Waals surface area (Å²) < 4.78 is 18.3. The van der Waals surface area contributed by atoms with Crippen molar-refractivity contribution < 1.29 is 14.2 Å². The van der Waals surface area contributed by atoms with Crippen LogP contribution < -0.4 is 5.19 Å². The van der Waals surface area contributed by atoms with E-state index in [-0.39, 0.29) is 6.79 Å². The topological polar surface area (TPSA) is 69.3 Å². The zero-order valence-corrected chi connectivity index (χ0v) is 19.3. The Balaban J connectivity index is 2.47. The van der Waals surface area contributed by atoms with Crippen LogP contribution in [0.25, 0.3) is 11.3 Å². The van der Waals surface area contributed by atoms with Crippen LogP contribution in [0.5, 0.6) is 0 Å². The highest BCUT2D eigenvalue weighted by Crippen LogP contribution is 2.28. The minimum atomic E-state index is -1.41. The van der Waals surface area contributed by atoms with Gasteiger partial charge < -0.3 is 14.2 Å². The van der Waals surface area contributed by atoms with Crippen molar-refractivity contribution in [1.82, 2.24) is 9.78 Å². The number of nitrogens with zero attached hydrogens (tertiary/aromatic N) is 3. The van der Waals surface area contributed by atoms with Crippen LogP contribution >= 0.6 is 0 Å². The van der Waals surface area contributed by atoms with Crippen molar-refractivity contribution in [3.05, 3.63) is 47.3 Å². The average molecular weight is 414 g/mol. The van der Waals surface area contributed by atoms with Gasteiger partial charge in [-0.25, -0.2) is 0 Å². The molecule has 156 valence electrons. The van der Waals surface area contributed by atoms with E-state index in [4.69, 9.17) is 14.2 Å². The predicted molar refractivity (Wildman–Crippen MR) is 118 cm³/mol. The number of aryl methyl sites for hydroxylation is 2. The van der Waals surface area contributed by atoms with Crippen molar-refractivity contribution >= 4 is 24.6 Å². The molecule has 0 radical (unpaired) electrons. The number of rotatable bonds is 10. The van der Waals surface area contributed by atoms with E-state index in [1.807, 2.05) is 36.7 Å². The van der Waals surface area contributed by atoms with Gasteiger partial charge in [0.15, 0.2) is 12.6 Å². The van der Waals surface area contributed by atoms with E-state index < -0.39 is 8.07 Å². The molecule has 29 heavy (non-hydrogen) atoms. The van der Waals surface area contributed by atoms with Crippen molar-refractivity contribution in [3.8, 4) is 6.07 Å². The molecule has 0 unspecified atom stereocenters. The summed E-state index contributed by atoms with van der Waals surface area (Å²) in [5.41, 5.74) is 2.93. The molecular weight excluding hydrogens is 382 g/mol. The highest BCUT2D eigenvalue weighted by atomic mass is 28.3. The maximum atomic E-state index is 9.98. The Bertz CT molecular complexity index is 874. The minimum absolute atomic E-state index is 0.0325. The standard InChI is InChI=1S/C22H31N3O3Si/c1-7-25-21(14-17(2)24-25)22(28-16-27-13-12-26-3)20(15-23)18-8-10-19(11-9-18)29(4,5)6/h8-11,14H,7,12-13,16H2,1-6H3. The van der Waals surface area contributed by atoms with Gasteiger partial charge in [0.05, 0.1) is 27.0 Å². The molecule has 0 bridgehead atoms. The number of ether oxygens (including phenoxy) is 3. The summed E-state index contributed by atoms with van der Waals surface area (Å²) in [6, 6.07) is 12.5. The van der Waals surface area contributed by atoms with Gasteiger partial charge in [-0.1, -0.05) is 49.1 Å². The lowest BCUT2D eigenvalue weighted by Crippen LogP contribution is -2.37. The molecule has 1 aromatic heterocycles. The lowest BCUT2D eigenvalue weighted by atomic mass is 10.0. The Hall–Kier alpha value is -2.40. The Labute approximate surface area is 174 Å². The van der Waals surface area contributed by atoms with Crippen LogP contribution in [0, 0.1) is 18.3 Å². The van der Waals surface area contributed by atoms with E-state index in [1.54, 1.807) is 7.11 Å². The maximum Gasteiger partial charge on any atom is 0.189 e. The fourth-order valence-corrected chi connectivity index (χ4v) is 4.10. The smallest absolute Gasteiger partial charge is 0.189 e. The molecule has 1 heterocycles. The first-order valence-electron chi connectivity index (χ1n) is 9.81. The summed E-state index contributed by atoms with van der Waals surface area (Å²) in [5, 5.41) is 15.8. The normalized spacial score (nSPS) is 12.4. The van der Waals surface area contributed by atoms with Crippen LogP contribution in [0.4, 0.5) is 0 Å². The van der Waals surface area contributed by atoms with Crippen LogP contribution in [0.3, 0.4) is 0 Å². The van der Waals surface area contributed by atoms with Crippen LogP contribution in [0.1, 0.15) is 23.9 Å². The Morgan fingerprint density at radius 3 is 2.41 bits per heavy atom. The molecule has 0 amide bonds. The van der Waals surface area contributed by atoms with Gasteiger partial charge in [0.1, 0.15) is 17.3 Å². The lowest BCUT2D eigenvalue weighted by Gasteiger charge is -2.18. The van der Waals surface area contributed by atoms with E-state index in [0.717, 1.165) is 17.0 Å². The number of nitriles is 1. The molecule has 0 aliphatic carbocycles. The average Bonchev–Trinajstić information content (AvgIpc) is 3.07. The number of allylic oxidation sites excluding steroid dienone is 1. The molecule has 0 fully saturated rings. The van der Waals surface area contributed by atoms with Gasteiger partial charge in [-0.2, -0.15) is 10.4 Å². The molecular formula is C22H31N3O3Si. The Morgan fingerprint density at radius 1 is 1.17 bits per heavy atom. The molecule has 0 saturated carbocycles. The van der Waals surface area contributed by atoms with Gasteiger partial charge >= 0.3 is 0 Å². The fraction of sp³-hybridized carbons (Fsp3) is 0.455. The number of benzene rings is 1. The first kappa shape index (κ1) is 22.9. The largest absolute Gasteiger partial charge is 0.464 e. The summed E-state index contributed by atoms with van der Waals surface area (Å²) in [7, 11) is 0.207. The first-order chi connectivity index (χ1) is 13.8. The van der Waals surface area contributed by atoms with Crippen molar-refractivity contribution in [2.75, 3.05) is 27.1 Å². The SMILES string of the molecule is CCn1nc(C)cc1C(OCOCCOC)=C(C#N)c1ccc([Si](C)(C)C)cc1. The molecule has 2 rings (SSSR count). The van der Waals surface area contributed by atoms with Crippen LogP contribution in [-0.2, 0) is 20.8 Å². The van der Waals surface area contributed by atoms with Gasteiger partial charge in [-0.15, -0.1) is 0 Å². The van der Waals surface area contributed by atoms with E-state index in [0.29, 0.717) is 31.1 Å². The Kier molecular flexibility index (Phi) is 8.20. The Morgan fingerprint density at radius 2 is 1.86 bits per heavy atom. The maximum absolute atomic E-state index is 9.98. The van der Waals surface area contributed by atoms with E-state index in [1.165, 1.54) is 5.19 Å². The third-order valence-electron chi connectivity index (χ3n) is 4.53. The highest BCUT2D eigenvalue weighted by molar-refractivity contribution is 6.88. The van der Waals surface area contributed by atoms with E-state index >= 15 is 0 Å². The lowest BCUT2D eigenvalue weighted by molar-refractivity contribution is -0.0218. The summed E-state index contributed by atoms with van der Waals surface area (Å²) in [5.74, 6) is 0.480. The third-order valence-corrected chi connectivity index (χ3v) is 6.60. The van der Waals surface area contributed by atoms with Gasteiger partial charge in [0.2, 0.25) is 0 Å². The zero-order valence-electron chi connectivity index (χ0n) is 18.3. The molecule has 0 N–H and O–H groups in total. The molecule has 0 aliphatic rings. The van der Waals surface area contributed by atoms with Crippen LogP contribution in [-0.4, -0.2) is 45.0 Å². The highest BCUT2D eigenvalue weighted by Gasteiger charge is 2.20. The quantitative estimate of drug-likeness (QED) is 0.195. The van der Waals surface area contributed by atoms with Gasteiger partial charge in [-0.3, -0.25) is 4.68 Å². The number of aromatic nitrogens is 2. The molecule has 0 atom stereocenters. The number of hydrogen-bond donors (Lipinski definition) is 0. The third kappa shape index (κ3) is 6.04. The summed E-state index contributed by atoms with van der Waals surface area (Å²) >= 11 is 0. The van der Waals surface area contributed by atoms with E-state index in [9.17, 15) is 5.26 Å². The molecule has 2 aromatic rings. The molecule has 0 spiro atoms.